The number of carbonyl (C=O) groups excluding carboxylic acids is 1. The van der Waals surface area contributed by atoms with Gasteiger partial charge >= 0.3 is 0 Å². The van der Waals surface area contributed by atoms with Gasteiger partial charge in [0, 0.05) is 11.5 Å². The summed E-state index contributed by atoms with van der Waals surface area (Å²) in [4.78, 5) is 20.6. The van der Waals surface area contributed by atoms with E-state index in [4.69, 9.17) is 19.2 Å². The van der Waals surface area contributed by atoms with Crippen LogP contribution in [0.15, 0.2) is 12.1 Å². The molecule has 2 aliphatic heterocycles. The van der Waals surface area contributed by atoms with E-state index in [1.54, 1.807) is 6.07 Å². The fraction of sp³-hybridized carbons (Fsp3) is 0.500. The summed E-state index contributed by atoms with van der Waals surface area (Å²) in [5.41, 5.74) is 1.67. The lowest BCUT2D eigenvalue weighted by molar-refractivity contribution is -0.248. The third kappa shape index (κ3) is 2.72. The van der Waals surface area contributed by atoms with Gasteiger partial charge in [0.2, 0.25) is 0 Å². The maximum absolute atomic E-state index is 11.0. The first-order valence-electron chi connectivity index (χ1n) is 6.49. The zero-order valence-electron chi connectivity index (χ0n) is 10.6. The lowest BCUT2D eigenvalue weighted by Gasteiger charge is -2.21. The van der Waals surface area contributed by atoms with Crippen LogP contribution in [-0.4, -0.2) is 32.7 Å². The molecule has 1 aromatic rings. The van der Waals surface area contributed by atoms with Crippen molar-refractivity contribution in [2.45, 2.75) is 12.8 Å². The number of ether oxygens (including phenoxy) is 2. The molecule has 0 radical (unpaired) electrons. The minimum absolute atomic E-state index is 0.221. The number of aryl methyl sites for hydroxylation is 1. The van der Waals surface area contributed by atoms with Crippen molar-refractivity contribution in [2.75, 3.05) is 26.4 Å². The van der Waals surface area contributed by atoms with Crippen LogP contribution in [-0.2, 0) is 16.2 Å². The highest BCUT2D eigenvalue weighted by Crippen LogP contribution is 2.36. The Labute approximate surface area is 111 Å². The molecule has 0 atom stereocenters. The highest BCUT2D eigenvalue weighted by molar-refractivity contribution is 5.77. The summed E-state index contributed by atoms with van der Waals surface area (Å²) in [6, 6.07) is 3.60. The van der Waals surface area contributed by atoms with Crippen LogP contribution < -0.4 is 9.47 Å². The molecular weight excluding hydrogens is 248 g/mol. The molecular formula is C14H16O5. The topological polar surface area (TPSA) is 54.0 Å². The fourth-order valence-electron chi connectivity index (χ4n) is 2.29. The van der Waals surface area contributed by atoms with Gasteiger partial charge in [-0.2, -0.15) is 0 Å². The molecule has 1 saturated heterocycles. The van der Waals surface area contributed by atoms with Crippen molar-refractivity contribution in [3.05, 3.63) is 23.3 Å². The summed E-state index contributed by atoms with van der Waals surface area (Å²) in [7, 11) is 0. The van der Waals surface area contributed by atoms with Crippen LogP contribution in [0.25, 0.3) is 0 Å². The van der Waals surface area contributed by atoms with E-state index in [1.807, 2.05) is 6.07 Å². The molecule has 19 heavy (non-hydrogen) atoms. The second kappa shape index (κ2) is 5.59. The third-order valence-electron chi connectivity index (χ3n) is 3.29. The number of hydrogen-bond donors (Lipinski definition) is 0. The molecule has 102 valence electrons. The predicted molar refractivity (Wildman–Crippen MR) is 66.5 cm³/mol. The lowest BCUT2D eigenvalue weighted by Crippen LogP contribution is -2.16. The van der Waals surface area contributed by atoms with Crippen molar-refractivity contribution in [3.63, 3.8) is 0 Å². The average molecular weight is 264 g/mol. The van der Waals surface area contributed by atoms with Crippen molar-refractivity contribution in [3.8, 4) is 11.5 Å². The van der Waals surface area contributed by atoms with E-state index in [-0.39, 0.29) is 5.92 Å². The first-order valence-corrected chi connectivity index (χ1v) is 6.49. The standard InChI is InChI=1S/C14H16O5/c15-6-10-4-12-2-1-3-16-14(12)13(5-10)17-7-11-8-18-19-9-11/h4-6,11H,1-3,7-9H2. The quantitative estimate of drug-likeness (QED) is 0.613. The van der Waals surface area contributed by atoms with Crippen LogP contribution in [0.4, 0.5) is 0 Å². The zero-order chi connectivity index (χ0) is 13.1. The molecule has 1 fully saturated rings. The van der Waals surface area contributed by atoms with Crippen LogP contribution >= 0.6 is 0 Å². The highest BCUT2D eigenvalue weighted by Gasteiger charge is 2.21. The summed E-state index contributed by atoms with van der Waals surface area (Å²) in [5, 5.41) is 0. The van der Waals surface area contributed by atoms with Crippen molar-refractivity contribution < 1.29 is 24.0 Å². The Morgan fingerprint density at radius 3 is 2.95 bits per heavy atom. The molecule has 0 aromatic heterocycles. The van der Waals surface area contributed by atoms with Gasteiger partial charge in [-0.1, -0.05) is 0 Å². The van der Waals surface area contributed by atoms with Crippen LogP contribution in [0.3, 0.4) is 0 Å². The van der Waals surface area contributed by atoms with Gasteiger partial charge in [0.25, 0.3) is 0 Å². The van der Waals surface area contributed by atoms with E-state index in [0.29, 0.717) is 37.7 Å². The van der Waals surface area contributed by atoms with E-state index in [1.165, 1.54) is 0 Å². The van der Waals surface area contributed by atoms with Gasteiger partial charge in [0.15, 0.2) is 11.5 Å². The van der Waals surface area contributed by atoms with E-state index in [9.17, 15) is 4.79 Å². The first kappa shape index (κ1) is 12.4. The van der Waals surface area contributed by atoms with Crippen molar-refractivity contribution in [1.29, 1.82) is 0 Å². The Balaban J connectivity index is 1.79. The monoisotopic (exact) mass is 264 g/mol. The van der Waals surface area contributed by atoms with Gasteiger partial charge in [-0.3, -0.25) is 4.79 Å². The normalized spacial score (nSPS) is 18.7. The van der Waals surface area contributed by atoms with E-state index < -0.39 is 0 Å². The molecule has 2 aliphatic rings. The Morgan fingerprint density at radius 2 is 2.16 bits per heavy atom. The van der Waals surface area contributed by atoms with Gasteiger partial charge < -0.3 is 9.47 Å². The molecule has 0 N–H and O–H groups in total. The molecule has 0 spiro atoms. The smallest absolute Gasteiger partial charge is 0.164 e. The van der Waals surface area contributed by atoms with Crippen LogP contribution in [0.2, 0.25) is 0 Å². The van der Waals surface area contributed by atoms with Gasteiger partial charge in [-0.15, -0.1) is 0 Å². The zero-order valence-corrected chi connectivity index (χ0v) is 10.6. The SMILES string of the molecule is O=Cc1cc2c(c(OCC3COOC3)c1)OCCC2. The first-order chi connectivity index (χ1) is 9.36. The van der Waals surface area contributed by atoms with Crippen LogP contribution in [0.5, 0.6) is 11.5 Å². The lowest BCUT2D eigenvalue weighted by atomic mass is 10.0. The van der Waals surface area contributed by atoms with E-state index in [0.717, 1.165) is 30.4 Å². The fourth-order valence-corrected chi connectivity index (χ4v) is 2.29. The molecule has 0 amide bonds. The largest absolute Gasteiger partial charge is 0.489 e. The van der Waals surface area contributed by atoms with Gasteiger partial charge in [0.1, 0.15) is 6.29 Å². The minimum atomic E-state index is 0.221. The number of aldehydes is 1. The maximum atomic E-state index is 11.0. The Morgan fingerprint density at radius 1 is 1.32 bits per heavy atom. The molecule has 3 rings (SSSR count). The van der Waals surface area contributed by atoms with Crippen molar-refractivity contribution >= 4 is 6.29 Å². The summed E-state index contributed by atoms with van der Waals surface area (Å²) < 4.78 is 11.5. The van der Waals surface area contributed by atoms with Gasteiger partial charge in [0.05, 0.1) is 26.4 Å². The summed E-state index contributed by atoms with van der Waals surface area (Å²) in [6.07, 6.45) is 2.73. The van der Waals surface area contributed by atoms with Gasteiger partial charge in [-0.05, 0) is 30.5 Å². The molecule has 0 saturated carbocycles. The number of benzene rings is 1. The minimum Gasteiger partial charge on any atom is -0.489 e. The molecule has 0 bridgehead atoms. The number of carbonyl (C=O) groups is 1. The van der Waals surface area contributed by atoms with Crippen LogP contribution in [0.1, 0.15) is 22.3 Å². The highest BCUT2D eigenvalue weighted by atomic mass is 17.2. The molecule has 5 nitrogen and oxygen atoms in total. The molecule has 5 heteroatoms. The molecule has 1 aromatic carbocycles. The van der Waals surface area contributed by atoms with E-state index in [2.05, 4.69) is 0 Å². The summed E-state index contributed by atoms with van der Waals surface area (Å²) in [6.45, 7) is 2.27. The van der Waals surface area contributed by atoms with Crippen molar-refractivity contribution in [1.82, 2.24) is 0 Å². The summed E-state index contributed by atoms with van der Waals surface area (Å²) >= 11 is 0. The third-order valence-corrected chi connectivity index (χ3v) is 3.29. The average Bonchev–Trinajstić information content (AvgIpc) is 2.97. The summed E-state index contributed by atoms with van der Waals surface area (Å²) in [5.74, 6) is 1.64. The second-order valence-electron chi connectivity index (χ2n) is 4.82. The number of hydrogen-bond acceptors (Lipinski definition) is 5. The van der Waals surface area contributed by atoms with Gasteiger partial charge in [-0.25, -0.2) is 9.78 Å². The Bertz CT molecular complexity index is 465. The molecule has 0 unspecified atom stereocenters. The molecule has 2 heterocycles. The Kier molecular flexibility index (Phi) is 3.66. The second-order valence-corrected chi connectivity index (χ2v) is 4.82. The maximum Gasteiger partial charge on any atom is 0.164 e. The molecule has 0 aliphatic carbocycles. The number of fused-ring (bicyclic) bond motifs is 1. The van der Waals surface area contributed by atoms with E-state index >= 15 is 0 Å². The van der Waals surface area contributed by atoms with Crippen molar-refractivity contribution in [2.24, 2.45) is 5.92 Å². The van der Waals surface area contributed by atoms with Crippen LogP contribution in [0, 0.1) is 5.92 Å². The predicted octanol–water partition coefficient (Wildman–Crippen LogP) is 1.78. The Hall–Kier alpha value is -1.59. The number of rotatable bonds is 4.